The SMILES string of the molecule is CC(Sc1ccccc1)C(=O)N1CCN(Cc2nc3ccccc3c(=O)[nH]2)CC1. The lowest BCUT2D eigenvalue weighted by Crippen LogP contribution is -2.50. The molecule has 0 aliphatic carbocycles. The topological polar surface area (TPSA) is 69.3 Å². The molecular formula is C22H24N4O2S. The van der Waals surface area contributed by atoms with Gasteiger partial charge in [0, 0.05) is 31.1 Å². The molecule has 2 heterocycles. The van der Waals surface area contributed by atoms with Crippen molar-refractivity contribution in [3.63, 3.8) is 0 Å². The van der Waals surface area contributed by atoms with Gasteiger partial charge in [0.05, 0.1) is 22.7 Å². The van der Waals surface area contributed by atoms with Gasteiger partial charge in [-0.3, -0.25) is 14.5 Å². The molecule has 0 spiro atoms. The molecule has 2 aromatic carbocycles. The average molecular weight is 409 g/mol. The molecule has 1 N–H and O–H groups in total. The van der Waals surface area contributed by atoms with Gasteiger partial charge in [-0.25, -0.2) is 4.98 Å². The number of thioether (sulfide) groups is 1. The lowest BCUT2D eigenvalue weighted by molar-refractivity contribution is -0.132. The predicted molar refractivity (Wildman–Crippen MR) is 116 cm³/mol. The number of hydrogen-bond donors (Lipinski definition) is 1. The van der Waals surface area contributed by atoms with E-state index in [1.54, 1.807) is 17.8 Å². The summed E-state index contributed by atoms with van der Waals surface area (Å²) in [6.45, 7) is 5.47. The highest BCUT2D eigenvalue weighted by molar-refractivity contribution is 8.00. The van der Waals surface area contributed by atoms with Crippen molar-refractivity contribution in [3.8, 4) is 0 Å². The summed E-state index contributed by atoms with van der Waals surface area (Å²) in [4.78, 5) is 37.8. The summed E-state index contributed by atoms with van der Waals surface area (Å²) < 4.78 is 0. The first-order chi connectivity index (χ1) is 14.1. The minimum Gasteiger partial charge on any atom is -0.339 e. The van der Waals surface area contributed by atoms with E-state index < -0.39 is 0 Å². The fourth-order valence-electron chi connectivity index (χ4n) is 3.56. The lowest BCUT2D eigenvalue weighted by Gasteiger charge is -2.35. The number of fused-ring (bicyclic) bond motifs is 1. The smallest absolute Gasteiger partial charge is 0.258 e. The number of H-pyrrole nitrogens is 1. The van der Waals surface area contributed by atoms with Crippen LogP contribution in [0.5, 0.6) is 0 Å². The first-order valence-corrected chi connectivity index (χ1v) is 10.7. The minimum atomic E-state index is -0.109. The quantitative estimate of drug-likeness (QED) is 0.658. The van der Waals surface area contributed by atoms with Gasteiger partial charge in [-0.1, -0.05) is 30.3 Å². The van der Waals surface area contributed by atoms with E-state index in [0.29, 0.717) is 36.4 Å². The molecule has 0 bridgehead atoms. The van der Waals surface area contributed by atoms with E-state index in [9.17, 15) is 9.59 Å². The third kappa shape index (κ3) is 4.68. The van der Waals surface area contributed by atoms with Crippen molar-refractivity contribution in [2.75, 3.05) is 26.2 Å². The van der Waals surface area contributed by atoms with Gasteiger partial charge in [0.15, 0.2) is 0 Å². The van der Waals surface area contributed by atoms with Crippen LogP contribution in [0, 0.1) is 0 Å². The van der Waals surface area contributed by atoms with Gasteiger partial charge in [-0.05, 0) is 31.2 Å². The highest BCUT2D eigenvalue weighted by atomic mass is 32.2. The van der Waals surface area contributed by atoms with Crippen LogP contribution in [0.15, 0.2) is 64.3 Å². The number of para-hydroxylation sites is 1. The molecule has 6 nitrogen and oxygen atoms in total. The molecule has 0 radical (unpaired) electrons. The molecule has 1 fully saturated rings. The normalized spacial score (nSPS) is 16.1. The van der Waals surface area contributed by atoms with Crippen molar-refractivity contribution in [1.29, 1.82) is 0 Å². The molecule has 1 atom stereocenters. The van der Waals surface area contributed by atoms with E-state index in [2.05, 4.69) is 14.9 Å². The molecule has 29 heavy (non-hydrogen) atoms. The predicted octanol–water partition coefficient (Wildman–Crippen LogP) is 2.75. The number of nitrogens with one attached hydrogen (secondary N) is 1. The summed E-state index contributed by atoms with van der Waals surface area (Å²) in [5.41, 5.74) is 0.609. The zero-order valence-corrected chi connectivity index (χ0v) is 17.2. The van der Waals surface area contributed by atoms with Crippen molar-refractivity contribution < 1.29 is 4.79 Å². The Bertz CT molecular complexity index is 1050. The monoisotopic (exact) mass is 408 g/mol. The third-order valence-electron chi connectivity index (χ3n) is 5.12. The second-order valence-electron chi connectivity index (χ2n) is 7.20. The second-order valence-corrected chi connectivity index (χ2v) is 8.62. The summed E-state index contributed by atoms with van der Waals surface area (Å²) >= 11 is 1.60. The van der Waals surface area contributed by atoms with Crippen LogP contribution < -0.4 is 5.56 Å². The number of aromatic amines is 1. The molecule has 1 amide bonds. The molecule has 150 valence electrons. The Morgan fingerprint density at radius 1 is 1.07 bits per heavy atom. The Labute approximate surface area is 173 Å². The van der Waals surface area contributed by atoms with Crippen LogP contribution in [-0.2, 0) is 11.3 Å². The number of aromatic nitrogens is 2. The highest BCUT2D eigenvalue weighted by Gasteiger charge is 2.25. The number of hydrogen-bond acceptors (Lipinski definition) is 5. The highest BCUT2D eigenvalue weighted by Crippen LogP contribution is 2.24. The van der Waals surface area contributed by atoms with Gasteiger partial charge >= 0.3 is 0 Å². The third-order valence-corrected chi connectivity index (χ3v) is 6.22. The Morgan fingerprint density at radius 2 is 1.76 bits per heavy atom. The van der Waals surface area contributed by atoms with E-state index in [-0.39, 0.29) is 16.7 Å². The number of benzene rings is 2. The van der Waals surface area contributed by atoms with Gasteiger partial charge < -0.3 is 9.88 Å². The fraction of sp³-hybridized carbons (Fsp3) is 0.318. The number of nitrogens with zero attached hydrogens (tertiary/aromatic N) is 3. The van der Waals surface area contributed by atoms with Gasteiger partial charge in [-0.2, -0.15) is 0 Å². The van der Waals surface area contributed by atoms with E-state index >= 15 is 0 Å². The molecule has 1 aliphatic rings. The maximum absolute atomic E-state index is 12.8. The van der Waals surface area contributed by atoms with Crippen LogP contribution in [0.4, 0.5) is 0 Å². The molecule has 3 aromatic rings. The van der Waals surface area contributed by atoms with Crippen LogP contribution in [0.3, 0.4) is 0 Å². The standard InChI is InChI=1S/C22H24N4O2S/c1-16(29-17-7-3-2-4-8-17)22(28)26-13-11-25(12-14-26)15-20-23-19-10-6-5-9-18(19)21(27)24-20/h2-10,16H,11-15H2,1H3,(H,23,24,27). The first-order valence-electron chi connectivity index (χ1n) is 9.81. The summed E-state index contributed by atoms with van der Waals surface area (Å²) in [5.74, 6) is 0.845. The first kappa shape index (κ1) is 19.7. The molecule has 1 saturated heterocycles. The van der Waals surface area contributed by atoms with Gasteiger partial charge in [-0.15, -0.1) is 11.8 Å². The van der Waals surface area contributed by atoms with Gasteiger partial charge in [0.25, 0.3) is 5.56 Å². The minimum absolute atomic E-state index is 0.105. The molecule has 1 aliphatic heterocycles. The van der Waals surface area contributed by atoms with E-state index in [1.807, 2.05) is 60.4 Å². The van der Waals surface area contributed by atoms with Gasteiger partial charge in [0.1, 0.15) is 5.82 Å². The van der Waals surface area contributed by atoms with Crippen molar-refractivity contribution in [3.05, 3.63) is 70.8 Å². The molecule has 0 saturated carbocycles. The van der Waals surface area contributed by atoms with E-state index in [1.165, 1.54) is 0 Å². The van der Waals surface area contributed by atoms with Crippen molar-refractivity contribution in [1.82, 2.24) is 19.8 Å². The number of rotatable bonds is 5. The van der Waals surface area contributed by atoms with Crippen molar-refractivity contribution >= 4 is 28.6 Å². The summed E-state index contributed by atoms with van der Waals surface area (Å²) in [6, 6.07) is 17.4. The number of carbonyl (C=O) groups is 1. The molecule has 4 rings (SSSR count). The maximum atomic E-state index is 12.8. The Balaban J connectivity index is 1.33. The lowest BCUT2D eigenvalue weighted by atomic mass is 10.2. The Hall–Kier alpha value is -2.64. The van der Waals surface area contributed by atoms with Crippen LogP contribution in [-0.4, -0.2) is 57.1 Å². The van der Waals surface area contributed by atoms with Crippen molar-refractivity contribution in [2.45, 2.75) is 23.6 Å². The average Bonchev–Trinajstić information content (AvgIpc) is 2.74. The van der Waals surface area contributed by atoms with E-state index in [0.717, 1.165) is 18.0 Å². The van der Waals surface area contributed by atoms with Crippen molar-refractivity contribution in [2.24, 2.45) is 0 Å². The molecule has 1 unspecified atom stereocenters. The van der Waals surface area contributed by atoms with Crippen LogP contribution in [0.25, 0.3) is 10.9 Å². The zero-order valence-electron chi connectivity index (χ0n) is 16.4. The zero-order chi connectivity index (χ0) is 20.2. The summed E-state index contributed by atoms with van der Waals surface area (Å²) in [5, 5.41) is 0.499. The summed E-state index contributed by atoms with van der Waals surface area (Å²) in [7, 11) is 0. The Kier molecular flexibility index (Phi) is 5.97. The van der Waals surface area contributed by atoms with Crippen LogP contribution >= 0.6 is 11.8 Å². The molecule has 7 heteroatoms. The number of piperazine rings is 1. The number of carbonyl (C=O) groups excluding carboxylic acids is 1. The Morgan fingerprint density at radius 3 is 2.52 bits per heavy atom. The molecule has 1 aromatic heterocycles. The summed E-state index contributed by atoms with van der Waals surface area (Å²) in [6.07, 6.45) is 0. The number of amides is 1. The van der Waals surface area contributed by atoms with E-state index in [4.69, 9.17) is 0 Å². The second kappa shape index (κ2) is 8.80. The van der Waals surface area contributed by atoms with Crippen LogP contribution in [0.1, 0.15) is 12.7 Å². The largest absolute Gasteiger partial charge is 0.339 e. The van der Waals surface area contributed by atoms with Crippen LogP contribution in [0.2, 0.25) is 0 Å². The fourth-order valence-corrected chi connectivity index (χ4v) is 4.53. The van der Waals surface area contributed by atoms with Gasteiger partial charge in [0.2, 0.25) is 5.91 Å². The molecular weight excluding hydrogens is 384 g/mol. The maximum Gasteiger partial charge on any atom is 0.258 e.